The van der Waals surface area contributed by atoms with Gasteiger partial charge in [-0.3, -0.25) is 9.59 Å². The first kappa shape index (κ1) is 53.0. The SMILES string of the molecule is C=CCOC(=O)N1CCC(C(=O)/C(C#N)=C(\N)C(Cl)(Cl)Cl)CC1.C=CCOC(=O)N1CCC(C(=O)CC#N)CC1.CC.CCN(CC)CC.CCO. The number of nitriles is 2. The van der Waals surface area contributed by atoms with Gasteiger partial charge >= 0.3 is 12.2 Å². The molecule has 2 fully saturated rings. The molecule has 0 unspecified atom stereocenters. The summed E-state index contributed by atoms with van der Waals surface area (Å²) in [5.74, 6) is -1.04. The lowest BCUT2D eigenvalue weighted by molar-refractivity contribution is -0.123. The highest BCUT2D eigenvalue weighted by Crippen LogP contribution is 2.34. The van der Waals surface area contributed by atoms with E-state index < -0.39 is 21.6 Å². The second-order valence-corrected chi connectivity index (χ2v) is 13.0. The first-order chi connectivity index (χ1) is 24.7. The second-order valence-electron chi connectivity index (χ2n) is 10.8. The maximum absolute atomic E-state index is 12.4. The number of halogens is 3. The fourth-order valence-electron chi connectivity index (χ4n) is 4.64. The number of nitrogens with zero attached hydrogens (tertiary/aromatic N) is 5. The van der Waals surface area contributed by atoms with E-state index in [2.05, 4.69) is 38.8 Å². The zero-order valence-corrected chi connectivity index (χ0v) is 33.9. The Morgan fingerprint density at radius 2 is 1.21 bits per heavy atom. The van der Waals surface area contributed by atoms with Gasteiger partial charge < -0.3 is 35.0 Å². The Labute approximate surface area is 325 Å². The lowest BCUT2D eigenvalue weighted by atomic mass is 9.88. The van der Waals surface area contributed by atoms with Gasteiger partial charge in [0.2, 0.25) is 3.79 Å². The molecule has 2 rings (SSSR count). The molecule has 2 heterocycles. The van der Waals surface area contributed by atoms with Crippen molar-refractivity contribution >= 4 is 58.6 Å². The highest BCUT2D eigenvalue weighted by Gasteiger charge is 2.35. The third-order valence-corrected chi connectivity index (χ3v) is 8.12. The van der Waals surface area contributed by atoms with E-state index in [4.69, 9.17) is 65.6 Å². The van der Waals surface area contributed by atoms with Gasteiger partial charge in [-0.25, -0.2) is 9.59 Å². The molecule has 16 heteroatoms. The molecule has 296 valence electrons. The minimum Gasteiger partial charge on any atom is -0.445 e. The number of nitrogens with two attached hydrogens (primary N) is 1. The van der Waals surface area contributed by atoms with Crippen LogP contribution in [-0.2, 0) is 19.1 Å². The minimum absolute atomic E-state index is 0.0217. The Balaban J connectivity index is -0.000000722. The van der Waals surface area contributed by atoms with Crippen LogP contribution < -0.4 is 5.73 Å². The highest BCUT2D eigenvalue weighted by molar-refractivity contribution is 6.69. The largest absolute Gasteiger partial charge is 0.445 e. The molecule has 0 aromatic carbocycles. The number of Topliss-reactive ketones (excluding diaryl/α,β-unsaturated/α-hetero) is 2. The monoisotopic (exact) mass is 792 g/mol. The molecular formula is C36H59Cl3N6O7. The number of hydrogen-bond acceptors (Lipinski definition) is 11. The molecule has 52 heavy (non-hydrogen) atoms. The van der Waals surface area contributed by atoms with Crippen molar-refractivity contribution in [2.24, 2.45) is 17.6 Å². The molecule has 2 saturated heterocycles. The molecule has 0 radical (unpaired) electrons. The number of likely N-dealkylation sites (tertiary alicyclic amines) is 2. The van der Waals surface area contributed by atoms with E-state index in [0.29, 0.717) is 51.9 Å². The van der Waals surface area contributed by atoms with E-state index in [1.54, 1.807) is 17.9 Å². The number of amides is 2. The molecule has 0 bridgehead atoms. The van der Waals surface area contributed by atoms with E-state index in [-0.39, 0.29) is 55.3 Å². The number of ether oxygens (including phenoxy) is 2. The van der Waals surface area contributed by atoms with Crippen molar-refractivity contribution < 1.29 is 33.8 Å². The van der Waals surface area contributed by atoms with Crippen molar-refractivity contribution in [2.45, 2.75) is 77.4 Å². The first-order valence-corrected chi connectivity index (χ1v) is 18.6. The second kappa shape index (κ2) is 32.3. The van der Waals surface area contributed by atoms with Crippen LogP contribution in [-0.4, -0.2) is 113 Å². The van der Waals surface area contributed by atoms with Crippen LogP contribution in [0.2, 0.25) is 0 Å². The average molecular weight is 794 g/mol. The van der Waals surface area contributed by atoms with Gasteiger partial charge in [0.1, 0.15) is 30.6 Å². The number of piperidine rings is 2. The summed E-state index contributed by atoms with van der Waals surface area (Å²) >= 11 is 16.9. The molecular weight excluding hydrogens is 735 g/mol. The molecule has 0 aliphatic carbocycles. The number of rotatable bonds is 11. The summed E-state index contributed by atoms with van der Waals surface area (Å²) in [5.41, 5.74) is 4.85. The van der Waals surface area contributed by atoms with Crippen LogP contribution in [0.25, 0.3) is 0 Å². The van der Waals surface area contributed by atoms with Crippen LogP contribution in [0.1, 0.15) is 73.6 Å². The molecule has 0 spiro atoms. The van der Waals surface area contributed by atoms with Gasteiger partial charge in [-0.1, -0.05) is 94.7 Å². The predicted octanol–water partition coefficient (Wildman–Crippen LogP) is 6.57. The molecule has 0 atom stereocenters. The summed E-state index contributed by atoms with van der Waals surface area (Å²) in [6, 6.07) is 3.56. The fourth-order valence-corrected chi connectivity index (χ4v) is 4.92. The van der Waals surface area contributed by atoms with Gasteiger partial charge in [0.25, 0.3) is 0 Å². The Bertz CT molecular complexity index is 1170. The van der Waals surface area contributed by atoms with E-state index in [0.717, 1.165) is 0 Å². The summed E-state index contributed by atoms with van der Waals surface area (Å²) in [5, 5.41) is 25.1. The van der Waals surface area contributed by atoms with Crippen LogP contribution in [0.15, 0.2) is 36.6 Å². The Morgan fingerprint density at radius 3 is 1.48 bits per heavy atom. The number of carbonyl (C=O) groups excluding carboxylic acids is 4. The number of alkyl halides is 3. The zero-order valence-electron chi connectivity index (χ0n) is 31.7. The van der Waals surface area contributed by atoms with Crippen molar-refractivity contribution in [3.63, 3.8) is 0 Å². The van der Waals surface area contributed by atoms with Crippen molar-refractivity contribution in [2.75, 3.05) is 65.6 Å². The Morgan fingerprint density at radius 1 is 0.846 bits per heavy atom. The van der Waals surface area contributed by atoms with Crippen LogP contribution in [0, 0.1) is 34.5 Å². The van der Waals surface area contributed by atoms with Gasteiger partial charge in [-0.15, -0.1) is 0 Å². The molecule has 13 nitrogen and oxygen atoms in total. The van der Waals surface area contributed by atoms with Crippen LogP contribution in [0.4, 0.5) is 9.59 Å². The van der Waals surface area contributed by atoms with Crippen molar-refractivity contribution in [1.82, 2.24) is 14.7 Å². The van der Waals surface area contributed by atoms with Crippen molar-refractivity contribution in [1.29, 1.82) is 10.5 Å². The average Bonchev–Trinajstić information content (AvgIpc) is 3.15. The van der Waals surface area contributed by atoms with Crippen molar-refractivity contribution in [3.8, 4) is 12.1 Å². The van der Waals surface area contributed by atoms with Gasteiger partial charge in [-0.2, -0.15) is 10.5 Å². The normalized spacial score (nSPS) is 14.6. The predicted molar refractivity (Wildman–Crippen MR) is 207 cm³/mol. The lowest BCUT2D eigenvalue weighted by Gasteiger charge is -2.30. The van der Waals surface area contributed by atoms with Crippen molar-refractivity contribution in [3.05, 3.63) is 36.6 Å². The highest BCUT2D eigenvalue weighted by atomic mass is 35.6. The molecule has 2 aliphatic rings. The van der Waals surface area contributed by atoms with E-state index in [1.165, 1.54) is 36.7 Å². The zero-order chi connectivity index (χ0) is 40.7. The van der Waals surface area contributed by atoms with Crippen LogP contribution in [0.5, 0.6) is 0 Å². The molecule has 2 amide bonds. The van der Waals surface area contributed by atoms with E-state index >= 15 is 0 Å². The minimum atomic E-state index is -2.02. The number of carbonyl (C=O) groups is 4. The third-order valence-electron chi connectivity index (χ3n) is 7.51. The maximum atomic E-state index is 12.4. The van der Waals surface area contributed by atoms with Gasteiger partial charge in [0.05, 0.1) is 18.2 Å². The van der Waals surface area contributed by atoms with Gasteiger partial charge in [0, 0.05) is 44.6 Å². The summed E-state index contributed by atoms with van der Waals surface area (Å²) < 4.78 is 7.82. The first-order valence-electron chi connectivity index (χ1n) is 17.5. The number of aliphatic hydroxyl groups is 1. The smallest absolute Gasteiger partial charge is 0.410 e. The summed E-state index contributed by atoms with van der Waals surface area (Å²) in [6.45, 7) is 25.0. The number of ketones is 2. The number of allylic oxidation sites excluding steroid dienone is 2. The third kappa shape index (κ3) is 22.6. The lowest BCUT2D eigenvalue weighted by Crippen LogP contribution is -2.41. The quantitative estimate of drug-likeness (QED) is 0.0996. The summed E-state index contributed by atoms with van der Waals surface area (Å²) in [4.78, 5) is 52.5. The summed E-state index contributed by atoms with van der Waals surface area (Å²) in [6.07, 6.45) is 4.10. The molecule has 3 N–H and O–H groups in total. The molecule has 0 aromatic rings. The number of aliphatic hydroxyl groups excluding tert-OH is 1. The Hall–Kier alpha value is -3.33. The standard InChI is InChI=1S/C14H16Cl3N3O3.C12H16N2O3.C6H15N.C2H6O.C2H6/c1-2-7-23-13(22)20-5-3-9(4-6-20)11(21)10(8-18)12(19)14(15,16)17;1-2-9-17-12(16)14-7-4-10(5-8-14)11(15)3-6-13;1-4-7(5-2)6-3;1-2-3;1-2/h2,9H,1,3-7,19H2;2,10H,1,3-5,7-9H2;4-6H2,1-3H3;3H,2H2,1H3;1-2H3/b12-10-;;;;. The van der Waals surface area contributed by atoms with Crippen LogP contribution >= 0.6 is 34.8 Å². The van der Waals surface area contributed by atoms with E-state index in [9.17, 15) is 19.2 Å². The maximum Gasteiger partial charge on any atom is 0.410 e. The van der Waals surface area contributed by atoms with E-state index in [1.807, 2.05) is 19.9 Å². The van der Waals surface area contributed by atoms with Gasteiger partial charge in [-0.05, 0) is 52.2 Å². The Kier molecular flexibility index (Phi) is 33.0. The van der Waals surface area contributed by atoms with Crippen LogP contribution in [0.3, 0.4) is 0 Å². The summed E-state index contributed by atoms with van der Waals surface area (Å²) in [7, 11) is 0. The topological polar surface area (TPSA) is 190 Å². The molecule has 0 saturated carbocycles. The molecule has 0 aromatic heterocycles. The fraction of sp³-hybridized carbons (Fsp3) is 0.667. The van der Waals surface area contributed by atoms with Gasteiger partial charge in [0.15, 0.2) is 5.78 Å². The number of hydrogen-bond donors (Lipinski definition) is 2. The molecule has 2 aliphatic heterocycles.